The summed E-state index contributed by atoms with van der Waals surface area (Å²) in [6.45, 7) is 6.98. The molecule has 6 nitrogen and oxygen atoms in total. The minimum absolute atomic E-state index is 0.188. The van der Waals surface area contributed by atoms with Crippen LogP contribution in [0.25, 0.3) is 0 Å². The smallest absolute Gasteiger partial charge is 0.429 e. The molecule has 0 radical (unpaired) electrons. The average molecular weight is 283 g/mol. The molecule has 0 fully saturated rings. The van der Waals surface area contributed by atoms with E-state index in [0.717, 1.165) is 11.2 Å². The van der Waals surface area contributed by atoms with E-state index < -0.39 is 23.4 Å². The summed E-state index contributed by atoms with van der Waals surface area (Å²) in [6, 6.07) is 1.23. The second kappa shape index (κ2) is 6.31. The number of ether oxygens (including phenoxy) is 1. The summed E-state index contributed by atoms with van der Waals surface area (Å²) in [7, 11) is 0. The first-order valence-electron chi connectivity index (χ1n) is 6.15. The third-order valence-corrected chi connectivity index (χ3v) is 2.18. The molecule has 0 spiro atoms. The number of nitrogens with one attached hydrogen (secondary N) is 1. The second-order valence-corrected chi connectivity index (χ2v) is 5.02. The van der Waals surface area contributed by atoms with E-state index in [9.17, 15) is 14.0 Å². The molecule has 1 rings (SSSR count). The number of pyridine rings is 1. The predicted octanol–water partition coefficient (Wildman–Crippen LogP) is 2.12. The molecule has 1 aromatic rings. The summed E-state index contributed by atoms with van der Waals surface area (Å²) in [5, 5.41) is 0.980. The van der Waals surface area contributed by atoms with E-state index in [1.165, 1.54) is 12.3 Å². The number of hydrogen-bond donors (Lipinski definition) is 1. The highest BCUT2D eigenvalue weighted by molar-refractivity contribution is 5.95. The highest BCUT2D eigenvalue weighted by Gasteiger charge is 2.23. The van der Waals surface area contributed by atoms with E-state index in [1.54, 1.807) is 27.7 Å². The molecule has 2 amide bonds. The first-order valence-corrected chi connectivity index (χ1v) is 6.15. The zero-order valence-corrected chi connectivity index (χ0v) is 11.9. The lowest BCUT2D eigenvalue weighted by Gasteiger charge is -2.26. The normalized spacial score (nSPS) is 10.8. The summed E-state index contributed by atoms with van der Waals surface area (Å²) in [5.74, 6) is -1.50. The van der Waals surface area contributed by atoms with E-state index >= 15 is 0 Å². The molecular weight excluding hydrogens is 265 g/mol. The summed E-state index contributed by atoms with van der Waals surface area (Å²) in [6.07, 6.45) is 1.52. The predicted molar refractivity (Wildman–Crippen MR) is 70.3 cm³/mol. The largest absolute Gasteiger partial charge is 0.442 e. The van der Waals surface area contributed by atoms with E-state index in [0.29, 0.717) is 0 Å². The molecule has 0 bridgehead atoms. The van der Waals surface area contributed by atoms with Crippen LogP contribution in [0.1, 0.15) is 38.1 Å². The van der Waals surface area contributed by atoms with Gasteiger partial charge in [0.1, 0.15) is 5.60 Å². The van der Waals surface area contributed by atoms with Crippen LogP contribution in [0.5, 0.6) is 0 Å². The molecular formula is C13H18FN3O3. The van der Waals surface area contributed by atoms with Crippen molar-refractivity contribution in [2.75, 3.05) is 6.54 Å². The second-order valence-electron chi connectivity index (χ2n) is 5.02. The lowest BCUT2D eigenvalue weighted by atomic mass is 10.2. The van der Waals surface area contributed by atoms with Crippen molar-refractivity contribution >= 4 is 12.0 Å². The van der Waals surface area contributed by atoms with Crippen LogP contribution in [0, 0.1) is 5.82 Å². The van der Waals surface area contributed by atoms with Gasteiger partial charge in [-0.15, -0.1) is 0 Å². The Hall–Kier alpha value is -2.18. The monoisotopic (exact) mass is 283 g/mol. The minimum atomic E-state index is -0.759. The number of halogens is 1. The van der Waals surface area contributed by atoms with Crippen LogP contribution < -0.4 is 5.43 Å². The summed E-state index contributed by atoms with van der Waals surface area (Å²) in [5.41, 5.74) is 1.42. The summed E-state index contributed by atoms with van der Waals surface area (Å²) >= 11 is 0. The third kappa shape index (κ3) is 4.49. The molecule has 1 heterocycles. The average Bonchev–Trinajstić information content (AvgIpc) is 2.33. The third-order valence-electron chi connectivity index (χ3n) is 2.18. The van der Waals surface area contributed by atoms with Crippen LogP contribution in [0.4, 0.5) is 9.18 Å². The van der Waals surface area contributed by atoms with Crippen LogP contribution >= 0.6 is 0 Å². The van der Waals surface area contributed by atoms with Crippen LogP contribution in [0.15, 0.2) is 18.5 Å². The van der Waals surface area contributed by atoms with E-state index in [2.05, 4.69) is 10.4 Å². The SMILES string of the molecule is CCN(NC(=O)c1ccncc1F)C(=O)OC(C)(C)C. The van der Waals surface area contributed by atoms with Gasteiger partial charge in [-0.05, 0) is 33.8 Å². The van der Waals surface area contributed by atoms with Crippen molar-refractivity contribution in [3.63, 3.8) is 0 Å². The van der Waals surface area contributed by atoms with Crippen LogP contribution in [-0.2, 0) is 4.74 Å². The van der Waals surface area contributed by atoms with Gasteiger partial charge in [0, 0.05) is 12.7 Å². The van der Waals surface area contributed by atoms with Gasteiger partial charge in [-0.3, -0.25) is 15.2 Å². The van der Waals surface area contributed by atoms with Crippen molar-refractivity contribution in [3.8, 4) is 0 Å². The lowest BCUT2D eigenvalue weighted by Crippen LogP contribution is -2.48. The molecule has 7 heteroatoms. The van der Waals surface area contributed by atoms with Crippen molar-refractivity contribution in [1.82, 2.24) is 15.4 Å². The van der Waals surface area contributed by atoms with Gasteiger partial charge in [0.25, 0.3) is 5.91 Å². The fraction of sp³-hybridized carbons (Fsp3) is 0.462. The van der Waals surface area contributed by atoms with Crippen molar-refractivity contribution in [1.29, 1.82) is 0 Å². The molecule has 0 saturated carbocycles. The molecule has 0 aliphatic carbocycles. The Morgan fingerprint density at radius 1 is 1.45 bits per heavy atom. The van der Waals surface area contributed by atoms with Gasteiger partial charge >= 0.3 is 6.09 Å². The standard InChI is InChI=1S/C13H18FN3O3/c1-5-17(12(19)20-13(2,3)4)16-11(18)9-6-7-15-8-10(9)14/h6-8H,5H2,1-4H3,(H,16,18). The molecule has 0 aliphatic heterocycles. The van der Waals surface area contributed by atoms with Crippen molar-refractivity contribution in [2.45, 2.75) is 33.3 Å². The van der Waals surface area contributed by atoms with Gasteiger partial charge in [0.05, 0.1) is 11.8 Å². The van der Waals surface area contributed by atoms with Gasteiger partial charge < -0.3 is 4.74 Å². The number of amides is 2. The molecule has 0 atom stereocenters. The first kappa shape index (κ1) is 15.9. The fourth-order valence-electron chi connectivity index (χ4n) is 1.31. The number of nitrogens with zero attached hydrogens (tertiary/aromatic N) is 2. The van der Waals surface area contributed by atoms with Crippen LogP contribution in [0.3, 0.4) is 0 Å². The van der Waals surface area contributed by atoms with Gasteiger partial charge in [-0.25, -0.2) is 14.2 Å². The number of hydrazine groups is 1. The van der Waals surface area contributed by atoms with E-state index in [-0.39, 0.29) is 12.1 Å². The zero-order valence-electron chi connectivity index (χ0n) is 11.9. The molecule has 110 valence electrons. The highest BCUT2D eigenvalue weighted by Crippen LogP contribution is 2.10. The van der Waals surface area contributed by atoms with E-state index in [1.807, 2.05) is 0 Å². The number of carbonyl (C=O) groups is 2. The van der Waals surface area contributed by atoms with Crippen molar-refractivity contribution in [2.24, 2.45) is 0 Å². The number of carbonyl (C=O) groups excluding carboxylic acids is 2. The number of aromatic nitrogens is 1. The number of rotatable bonds is 2. The van der Waals surface area contributed by atoms with Crippen molar-refractivity contribution in [3.05, 3.63) is 29.8 Å². The highest BCUT2D eigenvalue weighted by atomic mass is 19.1. The van der Waals surface area contributed by atoms with Gasteiger partial charge in [-0.1, -0.05) is 0 Å². The number of hydrogen-bond acceptors (Lipinski definition) is 4. The maximum Gasteiger partial charge on any atom is 0.429 e. The minimum Gasteiger partial charge on any atom is -0.442 e. The molecule has 1 aromatic heterocycles. The maximum absolute atomic E-state index is 13.4. The van der Waals surface area contributed by atoms with Crippen LogP contribution in [-0.4, -0.2) is 34.1 Å². The Labute approximate surface area is 116 Å². The zero-order chi connectivity index (χ0) is 15.3. The molecule has 20 heavy (non-hydrogen) atoms. The summed E-state index contributed by atoms with van der Waals surface area (Å²) in [4.78, 5) is 27.3. The lowest BCUT2D eigenvalue weighted by molar-refractivity contribution is 0.0145. The Balaban J connectivity index is 2.77. The molecule has 1 N–H and O–H groups in total. The Bertz CT molecular complexity index is 500. The Morgan fingerprint density at radius 3 is 2.60 bits per heavy atom. The molecule has 0 unspecified atom stereocenters. The maximum atomic E-state index is 13.4. The molecule has 0 aliphatic rings. The summed E-state index contributed by atoms with van der Waals surface area (Å²) < 4.78 is 18.5. The molecule has 0 saturated heterocycles. The molecule has 0 aromatic carbocycles. The Morgan fingerprint density at radius 2 is 2.10 bits per heavy atom. The Kier molecular flexibility index (Phi) is 5.01. The van der Waals surface area contributed by atoms with Gasteiger partial charge in [0.15, 0.2) is 5.82 Å². The fourth-order valence-corrected chi connectivity index (χ4v) is 1.31. The topological polar surface area (TPSA) is 71.5 Å². The van der Waals surface area contributed by atoms with E-state index in [4.69, 9.17) is 4.74 Å². The quantitative estimate of drug-likeness (QED) is 0.844. The van der Waals surface area contributed by atoms with Crippen LogP contribution in [0.2, 0.25) is 0 Å². The van der Waals surface area contributed by atoms with Gasteiger partial charge in [0.2, 0.25) is 0 Å². The van der Waals surface area contributed by atoms with Gasteiger partial charge in [-0.2, -0.15) is 0 Å². The first-order chi connectivity index (χ1) is 9.24. The van der Waals surface area contributed by atoms with Crippen molar-refractivity contribution < 1.29 is 18.7 Å².